The van der Waals surface area contributed by atoms with Gasteiger partial charge in [0.25, 0.3) is 0 Å². The summed E-state index contributed by atoms with van der Waals surface area (Å²) in [6.45, 7) is 5.33. The Morgan fingerprint density at radius 3 is 2.05 bits per heavy atom. The van der Waals surface area contributed by atoms with Crippen LogP contribution in [-0.2, 0) is 11.0 Å². The summed E-state index contributed by atoms with van der Waals surface area (Å²) >= 11 is 0. The van der Waals surface area contributed by atoms with Crippen LogP contribution in [0.4, 0.5) is 13.2 Å². The zero-order chi connectivity index (χ0) is 15.5. The third-order valence-electron chi connectivity index (χ3n) is 3.20. The van der Waals surface area contributed by atoms with Crippen LogP contribution >= 0.6 is 0 Å². The van der Waals surface area contributed by atoms with Crippen LogP contribution in [-0.4, -0.2) is 28.6 Å². The summed E-state index contributed by atoms with van der Waals surface area (Å²) in [6, 6.07) is 4.53. The molecular formula is C14H18F3NO2. The quantitative estimate of drug-likeness (QED) is 0.901. The first-order valence-corrected chi connectivity index (χ1v) is 6.27. The molecule has 0 spiro atoms. The molecule has 1 unspecified atom stereocenters. The number of carbonyl (C=O) groups is 1. The van der Waals surface area contributed by atoms with Gasteiger partial charge in [-0.3, -0.25) is 9.69 Å². The lowest BCUT2D eigenvalue weighted by Gasteiger charge is -2.31. The highest BCUT2D eigenvalue weighted by molar-refractivity contribution is 5.69. The Bertz CT molecular complexity index is 454. The molecule has 1 rings (SSSR count). The first kappa shape index (κ1) is 16.5. The molecule has 0 aliphatic rings. The smallest absolute Gasteiger partial charge is 0.416 e. The molecule has 0 aliphatic carbocycles. The number of hydrogen-bond donors (Lipinski definition) is 1. The third-order valence-corrected chi connectivity index (χ3v) is 3.20. The van der Waals surface area contributed by atoms with E-state index >= 15 is 0 Å². The fourth-order valence-corrected chi connectivity index (χ4v) is 2.06. The van der Waals surface area contributed by atoms with Crippen molar-refractivity contribution in [2.45, 2.75) is 39.0 Å². The Balaban J connectivity index is 2.95. The average Bonchev–Trinajstić information content (AvgIpc) is 2.33. The molecular weight excluding hydrogens is 271 g/mol. The topological polar surface area (TPSA) is 40.5 Å². The SMILES string of the molecule is CC(C)N(CC(=O)O)C(C)c1ccc(C(F)(F)F)cc1. The van der Waals surface area contributed by atoms with E-state index in [0.717, 1.165) is 12.1 Å². The second-order valence-electron chi connectivity index (χ2n) is 4.96. The van der Waals surface area contributed by atoms with Crippen LogP contribution in [0.5, 0.6) is 0 Å². The summed E-state index contributed by atoms with van der Waals surface area (Å²) in [4.78, 5) is 12.6. The minimum Gasteiger partial charge on any atom is -0.480 e. The number of halogens is 3. The highest BCUT2D eigenvalue weighted by atomic mass is 19.4. The number of alkyl halides is 3. The molecule has 0 amide bonds. The second kappa shape index (κ2) is 6.26. The number of hydrogen-bond acceptors (Lipinski definition) is 2. The zero-order valence-corrected chi connectivity index (χ0v) is 11.6. The monoisotopic (exact) mass is 289 g/mol. The van der Waals surface area contributed by atoms with Gasteiger partial charge in [-0.2, -0.15) is 13.2 Å². The van der Waals surface area contributed by atoms with Gasteiger partial charge < -0.3 is 5.11 Å². The van der Waals surface area contributed by atoms with Gasteiger partial charge in [-0.05, 0) is 38.5 Å². The van der Waals surface area contributed by atoms with Crippen LogP contribution in [0.2, 0.25) is 0 Å². The van der Waals surface area contributed by atoms with Gasteiger partial charge in [-0.15, -0.1) is 0 Å². The molecule has 1 N–H and O–H groups in total. The summed E-state index contributed by atoms with van der Waals surface area (Å²) < 4.78 is 37.5. The molecule has 20 heavy (non-hydrogen) atoms. The highest BCUT2D eigenvalue weighted by Gasteiger charge is 2.30. The van der Waals surface area contributed by atoms with Gasteiger partial charge in [0.15, 0.2) is 0 Å². The molecule has 112 valence electrons. The first-order chi connectivity index (χ1) is 9.12. The van der Waals surface area contributed by atoms with E-state index in [2.05, 4.69) is 0 Å². The van der Waals surface area contributed by atoms with Gasteiger partial charge in [-0.25, -0.2) is 0 Å². The number of carboxylic acid groups (broad SMARTS) is 1. The van der Waals surface area contributed by atoms with E-state index in [9.17, 15) is 18.0 Å². The van der Waals surface area contributed by atoms with E-state index in [1.807, 2.05) is 13.8 Å². The lowest BCUT2D eigenvalue weighted by molar-refractivity contribution is -0.139. The molecule has 0 fully saturated rings. The van der Waals surface area contributed by atoms with Gasteiger partial charge in [0.05, 0.1) is 12.1 Å². The summed E-state index contributed by atoms with van der Waals surface area (Å²) in [5.74, 6) is -0.961. The molecule has 0 bridgehead atoms. The third kappa shape index (κ3) is 4.23. The number of benzene rings is 1. The van der Waals surface area contributed by atoms with E-state index < -0.39 is 17.7 Å². The van der Waals surface area contributed by atoms with Crippen LogP contribution in [0.1, 0.15) is 37.9 Å². The van der Waals surface area contributed by atoms with E-state index in [4.69, 9.17) is 5.11 Å². The lowest BCUT2D eigenvalue weighted by atomic mass is 10.0. The molecule has 1 atom stereocenters. The first-order valence-electron chi connectivity index (χ1n) is 6.27. The molecule has 0 aliphatic heterocycles. The Kier molecular flexibility index (Phi) is 5.16. The van der Waals surface area contributed by atoms with Crippen molar-refractivity contribution in [1.82, 2.24) is 4.90 Å². The molecule has 0 heterocycles. The van der Waals surface area contributed by atoms with Gasteiger partial charge in [-0.1, -0.05) is 12.1 Å². The number of aliphatic carboxylic acids is 1. The van der Waals surface area contributed by atoms with Crippen molar-refractivity contribution >= 4 is 5.97 Å². The van der Waals surface area contributed by atoms with Crippen molar-refractivity contribution in [1.29, 1.82) is 0 Å². The minimum absolute atomic E-state index is 0.0246. The fraction of sp³-hybridized carbons (Fsp3) is 0.500. The predicted molar refractivity (Wildman–Crippen MR) is 69.3 cm³/mol. The molecule has 0 saturated heterocycles. The molecule has 0 radical (unpaired) electrons. The Labute approximate surface area is 116 Å². The zero-order valence-electron chi connectivity index (χ0n) is 11.6. The van der Waals surface area contributed by atoms with Crippen LogP contribution in [0.15, 0.2) is 24.3 Å². The summed E-state index contributed by atoms with van der Waals surface area (Å²) in [7, 11) is 0. The normalized spacial score (nSPS) is 13.8. The van der Waals surface area contributed by atoms with E-state index in [1.165, 1.54) is 12.1 Å². The van der Waals surface area contributed by atoms with E-state index in [1.54, 1.807) is 11.8 Å². The van der Waals surface area contributed by atoms with Gasteiger partial charge in [0.2, 0.25) is 0 Å². The molecule has 1 aromatic carbocycles. The maximum Gasteiger partial charge on any atom is 0.416 e. The van der Waals surface area contributed by atoms with E-state index in [-0.39, 0.29) is 18.6 Å². The summed E-state index contributed by atoms with van der Waals surface area (Å²) in [5.41, 5.74) is -0.0456. The predicted octanol–water partition coefficient (Wildman–Crippen LogP) is 3.56. The Hall–Kier alpha value is -1.56. The van der Waals surface area contributed by atoms with Crippen molar-refractivity contribution in [2.24, 2.45) is 0 Å². The minimum atomic E-state index is -4.36. The van der Waals surface area contributed by atoms with Crippen LogP contribution < -0.4 is 0 Å². The van der Waals surface area contributed by atoms with Crippen molar-refractivity contribution in [3.05, 3.63) is 35.4 Å². The lowest BCUT2D eigenvalue weighted by Crippen LogP contribution is -2.37. The van der Waals surface area contributed by atoms with Crippen LogP contribution in [0.25, 0.3) is 0 Å². The molecule has 0 saturated carbocycles. The average molecular weight is 289 g/mol. The molecule has 1 aromatic rings. The maximum absolute atomic E-state index is 12.5. The maximum atomic E-state index is 12.5. The van der Waals surface area contributed by atoms with E-state index in [0.29, 0.717) is 5.56 Å². The van der Waals surface area contributed by atoms with Crippen molar-refractivity contribution in [3.8, 4) is 0 Å². The summed E-state index contributed by atoms with van der Waals surface area (Å²) in [6.07, 6.45) is -4.36. The second-order valence-corrected chi connectivity index (χ2v) is 4.96. The molecule has 0 aromatic heterocycles. The van der Waals surface area contributed by atoms with Gasteiger partial charge in [0.1, 0.15) is 0 Å². The fourth-order valence-electron chi connectivity index (χ4n) is 2.06. The largest absolute Gasteiger partial charge is 0.480 e. The van der Waals surface area contributed by atoms with Crippen LogP contribution in [0.3, 0.4) is 0 Å². The Morgan fingerprint density at radius 1 is 1.20 bits per heavy atom. The van der Waals surface area contributed by atoms with Crippen LogP contribution in [0, 0.1) is 0 Å². The Morgan fingerprint density at radius 2 is 1.70 bits per heavy atom. The standard InChI is InChI=1S/C14H18F3NO2/c1-9(2)18(8-13(19)20)10(3)11-4-6-12(7-5-11)14(15,16)17/h4-7,9-10H,8H2,1-3H3,(H,19,20). The molecule has 6 heteroatoms. The number of carboxylic acids is 1. The highest BCUT2D eigenvalue weighted by Crippen LogP contribution is 2.31. The summed E-state index contributed by atoms with van der Waals surface area (Å²) in [5, 5.41) is 8.89. The van der Waals surface area contributed by atoms with Crippen molar-refractivity contribution in [2.75, 3.05) is 6.54 Å². The van der Waals surface area contributed by atoms with Gasteiger partial charge >= 0.3 is 12.1 Å². The van der Waals surface area contributed by atoms with Crippen molar-refractivity contribution in [3.63, 3.8) is 0 Å². The molecule has 3 nitrogen and oxygen atoms in total. The number of rotatable bonds is 5. The van der Waals surface area contributed by atoms with Gasteiger partial charge in [0, 0.05) is 12.1 Å². The van der Waals surface area contributed by atoms with Crippen molar-refractivity contribution < 1.29 is 23.1 Å². The number of nitrogens with zero attached hydrogens (tertiary/aromatic N) is 1.